The second-order valence-electron chi connectivity index (χ2n) is 4.92. The maximum Gasteiger partial charge on any atom is 0.119 e. The first-order valence-corrected chi connectivity index (χ1v) is 6.87. The van der Waals surface area contributed by atoms with Gasteiger partial charge in [0.2, 0.25) is 0 Å². The maximum atomic E-state index is 6.02. The zero-order valence-corrected chi connectivity index (χ0v) is 10.9. The van der Waals surface area contributed by atoms with Gasteiger partial charge in [-0.1, -0.05) is 24.6 Å². The molecule has 1 fully saturated rings. The molecule has 0 aromatic heterocycles. The molecular weight excluding hydrogens is 226 g/mol. The SMILES string of the molecule is NC1CCCC1CCOCCOc1ccccc1. The number of para-hydroxylation sites is 1. The summed E-state index contributed by atoms with van der Waals surface area (Å²) >= 11 is 0. The highest BCUT2D eigenvalue weighted by atomic mass is 16.5. The molecule has 1 aromatic carbocycles. The smallest absolute Gasteiger partial charge is 0.119 e. The molecule has 0 radical (unpaired) electrons. The summed E-state index contributed by atoms with van der Waals surface area (Å²) in [6.45, 7) is 2.06. The molecule has 0 saturated heterocycles. The maximum absolute atomic E-state index is 6.02. The summed E-state index contributed by atoms with van der Waals surface area (Å²) in [5.41, 5.74) is 6.02. The van der Waals surface area contributed by atoms with Gasteiger partial charge in [-0.05, 0) is 37.3 Å². The van der Waals surface area contributed by atoms with Crippen molar-refractivity contribution >= 4 is 0 Å². The van der Waals surface area contributed by atoms with Gasteiger partial charge in [0.05, 0.1) is 6.61 Å². The lowest BCUT2D eigenvalue weighted by Crippen LogP contribution is -2.25. The summed E-state index contributed by atoms with van der Waals surface area (Å²) in [6.07, 6.45) is 4.82. The molecule has 1 aliphatic carbocycles. The van der Waals surface area contributed by atoms with E-state index < -0.39 is 0 Å². The van der Waals surface area contributed by atoms with Gasteiger partial charge >= 0.3 is 0 Å². The lowest BCUT2D eigenvalue weighted by Gasteiger charge is -2.15. The molecule has 0 bridgehead atoms. The lowest BCUT2D eigenvalue weighted by molar-refractivity contribution is 0.0892. The van der Waals surface area contributed by atoms with Gasteiger partial charge in [-0.15, -0.1) is 0 Å². The number of nitrogens with two attached hydrogens (primary N) is 1. The van der Waals surface area contributed by atoms with E-state index >= 15 is 0 Å². The summed E-state index contributed by atoms with van der Waals surface area (Å²) in [5, 5.41) is 0. The molecule has 18 heavy (non-hydrogen) atoms. The van der Waals surface area contributed by atoms with Gasteiger partial charge in [-0.25, -0.2) is 0 Å². The van der Waals surface area contributed by atoms with E-state index in [1.165, 1.54) is 19.3 Å². The molecule has 3 nitrogen and oxygen atoms in total. The van der Waals surface area contributed by atoms with E-state index in [0.29, 0.717) is 25.2 Å². The minimum absolute atomic E-state index is 0.397. The first kappa shape index (κ1) is 13.4. The second kappa shape index (κ2) is 7.39. The molecule has 2 N–H and O–H groups in total. The number of ether oxygens (including phenoxy) is 2. The highest BCUT2D eigenvalue weighted by Crippen LogP contribution is 2.26. The van der Waals surface area contributed by atoms with Gasteiger partial charge in [-0.2, -0.15) is 0 Å². The van der Waals surface area contributed by atoms with Crippen molar-refractivity contribution in [1.29, 1.82) is 0 Å². The number of hydrogen-bond donors (Lipinski definition) is 1. The normalized spacial score (nSPS) is 23.2. The summed E-state index contributed by atoms with van der Waals surface area (Å²) in [7, 11) is 0. The fraction of sp³-hybridized carbons (Fsp3) is 0.600. The summed E-state index contributed by atoms with van der Waals surface area (Å²) < 4.78 is 11.1. The standard InChI is InChI=1S/C15H23NO2/c16-15-8-4-5-13(15)9-10-17-11-12-18-14-6-2-1-3-7-14/h1-3,6-7,13,15H,4-5,8-12,16H2. The summed E-state index contributed by atoms with van der Waals surface area (Å²) in [5.74, 6) is 1.57. The van der Waals surface area contributed by atoms with Crippen LogP contribution < -0.4 is 10.5 Å². The molecule has 2 rings (SSSR count). The van der Waals surface area contributed by atoms with Gasteiger partial charge in [0.15, 0.2) is 0 Å². The van der Waals surface area contributed by atoms with E-state index in [1.807, 2.05) is 30.3 Å². The molecule has 100 valence electrons. The molecule has 0 heterocycles. The Labute approximate surface area is 109 Å². The van der Waals surface area contributed by atoms with Gasteiger partial charge in [0, 0.05) is 12.6 Å². The third-order valence-corrected chi connectivity index (χ3v) is 3.59. The summed E-state index contributed by atoms with van der Waals surface area (Å²) in [6, 6.07) is 10.2. The van der Waals surface area contributed by atoms with Crippen LogP contribution in [0, 0.1) is 5.92 Å². The van der Waals surface area contributed by atoms with E-state index in [4.69, 9.17) is 15.2 Å². The predicted octanol–water partition coefficient (Wildman–Crippen LogP) is 2.60. The Morgan fingerprint density at radius 3 is 2.61 bits per heavy atom. The molecule has 2 atom stereocenters. The Bertz CT molecular complexity index is 329. The van der Waals surface area contributed by atoms with Crippen molar-refractivity contribution < 1.29 is 9.47 Å². The average Bonchev–Trinajstić information content (AvgIpc) is 2.81. The van der Waals surface area contributed by atoms with Crippen LogP contribution in [0.5, 0.6) is 5.75 Å². The van der Waals surface area contributed by atoms with Crippen molar-refractivity contribution in [2.45, 2.75) is 31.7 Å². The number of benzene rings is 1. The zero-order chi connectivity index (χ0) is 12.6. The van der Waals surface area contributed by atoms with E-state index in [-0.39, 0.29) is 0 Å². The Morgan fingerprint density at radius 1 is 1.06 bits per heavy atom. The van der Waals surface area contributed by atoms with Crippen molar-refractivity contribution in [3.05, 3.63) is 30.3 Å². The van der Waals surface area contributed by atoms with Crippen molar-refractivity contribution in [2.24, 2.45) is 11.7 Å². The average molecular weight is 249 g/mol. The Kier molecular flexibility index (Phi) is 5.49. The van der Waals surface area contributed by atoms with E-state index in [9.17, 15) is 0 Å². The number of rotatable bonds is 7. The van der Waals surface area contributed by atoms with Crippen molar-refractivity contribution in [1.82, 2.24) is 0 Å². The fourth-order valence-electron chi connectivity index (χ4n) is 2.50. The monoisotopic (exact) mass is 249 g/mol. The van der Waals surface area contributed by atoms with Gasteiger partial charge in [0.1, 0.15) is 12.4 Å². The highest BCUT2D eigenvalue weighted by molar-refractivity contribution is 5.20. The Balaban J connectivity index is 1.49. The summed E-state index contributed by atoms with van der Waals surface area (Å²) in [4.78, 5) is 0. The van der Waals surface area contributed by atoms with Crippen LogP contribution in [-0.4, -0.2) is 25.9 Å². The predicted molar refractivity (Wildman–Crippen MR) is 72.7 cm³/mol. The first-order chi connectivity index (χ1) is 8.86. The van der Waals surface area contributed by atoms with Crippen LogP contribution in [-0.2, 0) is 4.74 Å². The van der Waals surface area contributed by atoms with Crippen LogP contribution >= 0.6 is 0 Å². The highest BCUT2D eigenvalue weighted by Gasteiger charge is 2.23. The second-order valence-corrected chi connectivity index (χ2v) is 4.92. The third-order valence-electron chi connectivity index (χ3n) is 3.59. The molecule has 0 aliphatic heterocycles. The lowest BCUT2D eigenvalue weighted by atomic mass is 10.0. The van der Waals surface area contributed by atoms with Gasteiger partial charge < -0.3 is 15.2 Å². The molecule has 3 heteroatoms. The molecule has 2 unspecified atom stereocenters. The topological polar surface area (TPSA) is 44.5 Å². The van der Waals surface area contributed by atoms with E-state index in [0.717, 1.165) is 18.8 Å². The fourth-order valence-corrected chi connectivity index (χ4v) is 2.50. The molecule has 1 saturated carbocycles. The van der Waals surface area contributed by atoms with Crippen molar-refractivity contribution in [2.75, 3.05) is 19.8 Å². The van der Waals surface area contributed by atoms with E-state index in [2.05, 4.69) is 0 Å². The Morgan fingerprint density at radius 2 is 1.89 bits per heavy atom. The minimum Gasteiger partial charge on any atom is -0.491 e. The van der Waals surface area contributed by atoms with E-state index in [1.54, 1.807) is 0 Å². The first-order valence-electron chi connectivity index (χ1n) is 6.87. The van der Waals surface area contributed by atoms with Crippen molar-refractivity contribution in [3.8, 4) is 5.75 Å². The van der Waals surface area contributed by atoms with Gasteiger partial charge in [0.25, 0.3) is 0 Å². The Hall–Kier alpha value is -1.06. The molecule has 1 aromatic rings. The zero-order valence-electron chi connectivity index (χ0n) is 10.9. The molecule has 0 spiro atoms. The van der Waals surface area contributed by atoms with Gasteiger partial charge in [-0.3, -0.25) is 0 Å². The molecule has 1 aliphatic rings. The molecule has 0 amide bonds. The minimum atomic E-state index is 0.397. The van der Waals surface area contributed by atoms with Crippen LogP contribution in [0.3, 0.4) is 0 Å². The van der Waals surface area contributed by atoms with Crippen LogP contribution in [0.25, 0.3) is 0 Å². The van der Waals surface area contributed by atoms with Crippen LogP contribution in [0.4, 0.5) is 0 Å². The van der Waals surface area contributed by atoms with Crippen LogP contribution in [0.15, 0.2) is 30.3 Å². The molecular formula is C15H23NO2. The quantitative estimate of drug-likeness (QED) is 0.755. The third kappa shape index (κ3) is 4.31. The van der Waals surface area contributed by atoms with Crippen molar-refractivity contribution in [3.63, 3.8) is 0 Å². The number of hydrogen-bond acceptors (Lipinski definition) is 3. The van der Waals surface area contributed by atoms with Crippen LogP contribution in [0.1, 0.15) is 25.7 Å². The largest absolute Gasteiger partial charge is 0.491 e. The van der Waals surface area contributed by atoms with Crippen LogP contribution in [0.2, 0.25) is 0 Å².